The molecular formula is C10H20N2O. The summed E-state index contributed by atoms with van der Waals surface area (Å²) in [4.78, 5) is 13.3. The maximum atomic E-state index is 10.9. The molecule has 13 heavy (non-hydrogen) atoms. The SMILES string of the molecule is CC(=O)CC(C)N1CCCNCC1. The number of hydrogen-bond donors (Lipinski definition) is 1. The molecule has 76 valence electrons. The third kappa shape index (κ3) is 3.87. The highest BCUT2D eigenvalue weighted by atomic mass is 16.1. The van der Waals surface area contributed by atoms with Gasteiger partial charge in [-0.3, -0.25) is 9.69 Å². The van der Waals surface area contributed by atoms with Crippen LogP contribution in [0.1, 0.15) is 26.7 Å². The lowest BCUT2D eigenvalue weighted by molar-refractivity contribution is -0.118. The summed E-state index contributed by atoms with van der Waals surface area (Å²) in [7, 11) is 0. The number of nitrogens with zero attached hydrogens (tertiary/aromatic N) is 1. The predicted octanol–water partition coefficient (Wildman–Crippen LogP) is 0.649. The largest absolute Gasteiger partial charge is 0.315 e. The first-order valence-corrected chi connectivity index (χ1v) is 5.14. The molecule has 1 fully saturated rings. The van der Waals surface area contributed by atoms with Gasteiger partial charge >= 0.3 is 0 Å². The molecule has 0 aromatic rings. The summed E-state index contributed by atoms with van der Waals surface area (Å²) in [6.07, 6.45) is 1.89. The normalized spacial score (nSPS) is 22.3. The van der Waals surface area contributed by atoms with Crippen LogP contribution in [0, 0.1) is 0 Å². The standard InChI is InChI=1S/C10H20N2O/c1-9(8-10(2)13)12-6-3-4-11-5-7-12/h9,11H,3-8H2,1-2H3. The van der Waals surface area contributed by atoms with E-state index in [9.17, 15) is 4.79 Å². The quantitative estimate of drug-likeness (QED) is 0.699. The zero-order valence-electron chi connectivity index (χ0n) is 8.68. The predicted molar refractivity (Wildman–Crippen MR) is 53.8 cm³/mol. The maximum absolute atomic E-state index is 10.9. The van der Waals surface area contributed by atoms with Gasteiger partial charge in [-0.05, 0) is 33.4 Å². The minimum Gasteiger partial charge on any atom is -0.315 e. The fourth-order valence-electron chi connectivity index (χ4n) is 1.85. The molecular weight excluding hydrogens is 164 g/mol. The fourth-order valence-corrected chi connectivity index (χ4v) is 1.85. The van der Waals surface area contributed by atoms with Crippen molar-refractivity contribution in [2.24, 2.45) is 0 Å². The summed E-state index contributed by atoms with van der Waals surface area (Å²) in [5.74, 6) is 0.296. The summed E-state index contributed by atoms with van der Waals surface area (Å²) >= 11 is 0. The van der Waals surface area contributed by atoms with E-state index in [0.29, 0.717) is 18.2 Å². The Kier molecular flexibility index (Phi) is 4.39. The molecule has 0 saturated carbocycles. The topological polar surface area (TPSA) is 32.3 Å². The second-order valence-electron chi connectivity index (χ2n) is 3.89. The van der Waals surface area contributed by atoms with Crippen molar-refractivity contribution in [3.63, 3.8) is 0 Å². The molecule has 1 unspecified atom stereocenters. The molecule has 3 heteroatoms. The van der Waals surface area contributed by atoms with E-state index < -0.39 is 0 Å². The van der Waals surface area contributed by atoms with Crippen molar-refractivity contribution in [1.29, 1.82) is 0 Å². The van der Waals surface area contributed by atoms with E-state index in [1.165, 1.54) is 6.42 Å². The second-order valence-corrected chi connectivity index (χ2v) is 3.89. The zero-order chi connectivity index (χ0) is 9.68. The van der Waals surface area contributed by atoms with Crippen molar-refractivity contribution in [2.75, 3.05) is 26.2 Å². The highest BCUT2D eigenvalue weighted by Gasteiger charge is 2.16. The lowest BCUT2D eigenvalue weighted by Crippen LogP contribution is -2.37. The first kappa shape index (κ1) is 10.7. The zero-order valence-corrected chi connectivity index (χ0v) is 8.68. The number of rotatable bonds is 3. The van der Waals surface area contributed by atoms with Crippen LogP contribution in [-0.4, -0.2) is 42.9 Å². The first-order valence-electron chi connectivity index (χ1n) is 5.14. The van der Waals surface area contributed by atoms with Crippen LogP contribution < -0.4 is 5.32 Å². The molecule has 1 rings (SSSR count). The van der Waals surface area contributed by atoms with Crippen LogP contribution in [-0.2, 0) is 4.79 Å². The number of carbonyl (C=O) groups is 1. The Morgan fingerprint density at radius 3 is 2.92 bits per heavy atom. The third-order valence-electron chi connectivity index (χ3n) is 2.58. The van der Waals surface area contributed by atoms with Gasteiger partial charge in [0.05, 0.1) is 0 Å². The number of Topliss-reactive ketones (excluding diaryl/α,β-unsaturated/α-hetero) is 1. The smallest absolute Gasteiger partial charge is 0.131 e. The molecule has 0 radical (unpaired) electrons. The Morgan fingerprint density at radius 2 is 2.23 bits per heavy atom. The molecule has 0 amide bonds. The van der Waals surface area contributed by atoms with E-state index in [2.05, 4.69) is 17.1 Å². The van der Waals surface area contributed by atoms with E-state index in [1.54, 1.807) is 6.92 Å². The van der Waals surface area contributed by atoms with Crippen molar-refractivity contribution in [3.05, 3.63) is 0 Å². The molecule has 1 saturated heterocycles. The maximum Gasteiger partial charge on any atom is 0.131 e. The second kappa shape index (κ2) is 5.35. The van der Waals surface area contributed by atoms with Gasteiger partial charge in [0.25, 0.3) is 0 Å². The molecule has 3 nitrogen and oxygen atoms in total. The molecule has 0 aromatic heterocycles. The number of ketones is 1. The van der Waals surface area contributed by atoms with Gasteiger partial charge in [-0.25, -0.2) is 0 Å². The summed E-state index contributed by atoms with van der Waals surface area (Å²) in [5.41, 5.74) is 0. The van der Waals surface area contributed by atoms with E-state index in [4.69, 9.17) is 0 Å². The highest BCUT2D eigenvalue weighted by molar-refractivity contribution is 5.76. The average Bonchev–Trinajstić information content (AvgIpc) is 2.29. The van der Waals surface area contributed by atoms with Gasteiger partial charge < -0.3 is 5.32 Å². The van der Waals surface area contributed by atoms with Gasteiger partial charge in [0.1, 0.15) is 5.78 Å². The van der Waals surface area contributed by atoms with Gasteiger partial charge in [0.2, 0.25) is 0 Å². The Labute approximate surface area is 80.5 Å². The molecule has 1 N–H and O–H groups in total. The van der Waals surface area contributed by atoms with Crippen molar-refractivity contribution in [3.8, 4) is 0 Å². The number of carbonyl (C=O) groups excluding carboxylic acids is 1. The third-order valence-corrected chi connectivity index (χ3v) is 2.58. The van der Waals surface area contributed by atoms with Crippen molar-refractivity contribution in [2.45, 2.75) is 32.7 Å². The van der Waals surface area contributed by atoms with Gasteiger partial charge in [-0.2, -0.15) is 0 Å². The Hall–Kier alpha value is -0.410. The van der Waals surface area contributed by atoms with Gasteiger partial charge in [-0.15, -0.1) is 0 Å². The number of hydrogen-bond acceptors (Lipinski definition) is 3. The molecule has 1 atom stereocenters. The molecule has 0 aliphatic carbocycles. The lowest BCUT2D eigenvalue weighted by Gasteiger charge is -2.26. The summed E-state index contributed by atoms with van der Waals surface area (Å²) < 4.78 is 0. The molecule has 1 aliphatic rings. The summed E-state index contributed by atoms with van der Waals surface area (Å²) in [5, 5.41) is 3.36. The van der Waals surface area contributed by atoms with Crippen molar-refractivity contribution >= 4 is 5.78 Å². The van der Waals surface area contributed by atoms with E-state index >= 15 is 0 Å². The van der Waals surface area contributed by atoms with E-state index in [0.717, 1.165) is 26.2 Å². The Morgan fingerprint density at radius 1 is 1.46 bits per heavy atom. The van der Waals surface area contributed by atoms with Gasteiger partial charge in [0.15, 0.2) is 0 Å². The highest BCUT2D eigenvalue weighted by Crippen LogP contribution is 2.06. The van der Waals surface area contributed by atoms with Crippen LogP contribution in [0.3, 0.4) is 0 Å². The lowest BCUT2D eigenvalue weighted by atomic mass is 10.1. The van der Waals surface area contributed by atoms with Crippen LogP contribution in [0.15, 0.2) is 0 Å². The first-order chi connectivity index (χ1) is 6.20. The summed E-state index contributed by atoms with van der Waals surface area (Å²) in [6.45, 7) is 8.20. The van der Waals surface area contributed by atoms with E-state index in [-0.39, 0.29) is 0 Å². The molecule has 0 spiro atoms. The minimum absolute atomic E-state index is 0.296. The van der Waals surface area contributed by atoms with Crippen LogP contribution in [0.4, 0.5) is 0 Å². The summed E-state index contributed by atoms with van der Waals surface area (Å²) in [6, 6.07) is 0.414. The van der Waals surface area contributed by atoms with Crippen molar-refractivity contribution in [1.82, 2.24) is 10.2 Å². The Balaban J connectivity index is 2.34. The van der Waals surface area contributed by atoms with Crippen LogP contribution in [0.25, 0.3) is 0 Å². The monoisotopic (exact) mass is 184 g/mol. The fraction of sp³-hybridized carbons (Fsp3) is 0.900. The minimum atomic E-state index is 0.296. The molecule has 0 aromatic carbocycles. The van der Waals surface area contributed by atoms with E-state index in [1.807, 2.05) is 0 Å². The van der Waals surface area contributed by atoms with Crippen LogP contribution in [0.5, 0.6) is 0 Å². The van der Waals surface area contributed by atoms with Crippen LogP contribution >= 0.6 is 0 Å². The molecule has 1 aliphatic heterocycles. The van der Waals surface area contributed by atoms with Gasteiger partial charge in [-0.1, -0.05) is 0 Å². The van der Waals surface area contributed by atoms with Crippen LogP contribution in [0.2, 0.25) is 0 Å². The Bertz CT molecular complexity index is 162. The van der Waals surface area contributed by atoms with Gasteiger partial charge in [0, 0.05) is 25.6 Å². The molecule has 1 heterocycles. The average molecular weight is 184 g/mol. The van der Waals surface area contributed by atoms with Crippen molar-refractivity contribution < 1.29 is 4.79 Å². The molecule has 0 bridgehead atoms. The number of nitrogens with one attached hydrogen (secondary N) is 1.